The van der Waals surface area contributed by atoms with Gasteiger partial charge in [0.1, 0.15) is 12.4 Å². The number of nitrogens with one attached hydrogen (secondary N) is 1. The molecule has 1 aromatic heterocycles. The maximum Gasteiger partial charge on any atom is 0.420 e. The van der Waals surface area contributed by atoms with E-state index in [0.29, 0.717) is 29.9 Å². The van der Waals surface area contributed by atoms with Crippen molar-refractivity contribution in [2.45, 2.75) is 38.6 Å². The number of oxazole rings is 1. The molecule has 33 heavy (non-hydrogen) atoms. The van der Waals surface area contributed by atoms with E-state index in [0.717, 1.165) is 11.0 Å². The number of amides is 1. The summed E-state index contributed by atoms with van der Waals surface area (Å²) in [6.45, 7) is 6.26. The van der Waals surface area contributed by atoms with Gasteiger partial charge < -0.3 is 9.73 Å². The average molecular weight is 476 g/mol. The van der Waals surface area contributed by atoms with Gasteiger partial charge in [-0.25, -0.2) is 17.6 Å². The highest BCUT2D eigenvalue weighted by molar-refractivity contribution is 7.89. The molecule has 10 heteroatoms. The number of carbonyl (C=O) groups excluding carboxylic acids is 1. The summed E-state index contributed by atoms with van der Waals surface area (Å²) in [4.78, 5) is 24.9. The lowest BCUT2D eigenvalue weighted by Gasteiger charge is -2.34. The van der Waals surface area contributed by atoms with Gasteiger partial charge in [0, 0.05) is 24.8 Å². The van der Waals surface area contributed by atoms with Gasteiger partial charge in [-0.3, -0.25) is 9.36 Å². The molecule has 2 atom stereocenters. The molecule has 0 bridgehead atoms. The number of piperidine rings is 1. The second-order valence-electron chi connectivity index (χ2n) is 8.86. The quantitative estimate of drug-likeness (QED) is 0.610. The Labute approximate surface area is 191 Å². The van der Waals surface area contributed by atoms with Gasteiger partial charge in [0.05, 0.1) is 10.4 Å². The normalized spacial score (nSPS) is 19.6. The molecule has 4 rings (SSSR count). The Kier molecular flexibility index (Phi) is 6.15. The zero-order chi connectivity index (χ0) is 23.9. The lowest BCUT2D eigenvalue weighted by molar-refractivity contribution is -0.116. The second kappa shape index (κ2) is 8.75. The molecule has 2 aromatic carbocycles. The fourth-order valence-corrected chi connectivity index (χ4v) is 6.10. The second-order valence-corrected chi connectivity index (χ2v) is 10.8. The van der Waals surface area contributed by atoms with Crippen LogP contribution in [-0.4, -0.2) is 36.3 Å². The first-order chi connectivity index (χ1) is 15.5. The van der Waals surface area contributed by atoms with Crippen LogP contribution in [0.3, 0.4) is 0 Å². The molecular formula is C23H26FN3O5S. The summed E-state index contributed by atoms with van der Waals surface area (Å²) in [5.74, 6) is -1.17. The van der Waals surface area contributed by atoms with Crippen LogP contribution in [0.2, 0.25) is 0 Å². The lowest BCUT2D eigenvalue weighted by atomic mass is 9.94. The van der Waals surface area contributed by atoms with Crippen molar-refractivity contribution in [2.75, 3.05) is 18.4 Å². The molecule has 0 radical (unpaired) electrons. The number of aryl methyl sites for hydroxylation is 1. The molecule has 0 aliphatic carbocycles. The monoisotopic (exact) mass is 475 g/mol. The van der Waals surface area contributed by atoms with Crippen molar-refractivity contribution in [3.05, 3.63) is 58.3 Å². The smallest absolute Gasteiger partial charge is 0.408 e. The van der Waals surface area contributed by atoms with Crippen molar-refractivity contribution < 1.29 is 22.0 Å². The maximum atomic E-state index is 13.3. The first-order valence-electron chi connectivity index (χ1n) is 10.7. The molecular weight excluding hydrogens is 449 g/mol. The molecule has 8 nitrogen and oxygen atoms in total. The molecule has 3 aromatic rings. The van der Waals surface area contributed by atoms with Crippen molar-refractivity contribution >= 4 is 32.7 Å². The van der Waals surface area contributed by atoms with Crippen LogP contribution in [0.5, 0.6) is 0 Å². The molecule has 2 heterocycles. The van der Waals surface area contributed by atoms with Crippen LogP contribution in [0, 0.1) is 24.6 Å². The molecule has 0 unspecified atom stereocenters. The Hall–Kier alpha value is -2.98. The summed E-state index contributed by atoms with van der Waals surface area (Å²) in [6.07, 6.45) is 0.974. The third-order valence-corrected chi connectivity index (χ3v) is 7.70. The number of hydrogen-bond donors (Lipinski definition) is 1. The van der Waals surface area contributed by atoms with E-state index in [2.05, 4.69) is 5.32 Å². The van der Waals surface area contributed by atoms with Crippen molar-refractivity contribution in [1.82, 2.24) is 8.87 Å². The third-order valence-electron chi connectivity index (χ3n) is 5.88. The predicted octanol–water partition coefficient (Wildman–Crippen LogP) is 3.35. The highest BCUT2D eigenvalue weighted by atomic mass is 32.2. The molecule has 0 saturated carbocycles. The van der Waals surface area contributed by atoms with E-state index >= 15 is 0 Å². The highest BCUT2D eigenvalue weighted by Crippen LogP contribution is 2.28. The van der Waals surface area contributed by atoms with Crippen molar-refractivity contribution in [3.8, 4) is 0 Å². The van der Waals surface area contributed by atoms with Crippen LogP contribution in [0.15, 0.2) is 50.5 Å². The Morgan fingerprint density at radius 2 is 1.85 bits per heavy atom. The lowest BCUT2D eigenvalue weighted by Crippen LogP contribution is -2.42. The topological polar surface area (TPSA) is 102 Å². The van der Waals surface area contributed by atoms with E-state index in [-0.39, 0.29) is 28.9 Å². The molecule has 1 saturated heterocycles. The number of aromatic nitrogens is 1. The fraction of sp³-hybridized carbons (Fsp3) is 0.391. The van der Waals surface area contributed by atoms with Crippen molar-refractivity contribution in [2.24, 2.45) is 11.8 Å². The third kappa shape index (κ3) is 4.72. The van der Waals surface area contributed by atoms with Gasteiger partial charge in [0.25, 0.3) is 0 Å². The van der Waals surface area contributed by atoms with E-state index in [9.17, 15) is 22.4 Å². The molecule has 176 valence electrons. The van der Waals surface area contributed by atoms with Crippen LogP contribution in [0.1, 0.15) is 25.8 Å². The van der Waals surface area contributed by atoms with E-state index in [1.54, 1.807) is 6.92 Å². The summed E-state index contributed by atoms with van der Waals surface area (Å²) in [6, 6.07) is 8.19. The van der Waals surface area contributed by atoms with Crippen LogP contribution in [-0.2, 0) is 21.4 Å². The van der Waals surface area contributed by atoms with Crippen LogP contribution >= 0.6 is 0 Å². The summed E-state index contributed by atoms with van der Waals surface area (Å²) in [5.41, 5.74) is 1.37. The van der Waals surface area contributed by atoms with Crippen LogP contribution < -0.4 is 11.1 Å². The zero-order valence-electron chi connectivity index (χ0n) is 18.7. The van der Waals surface area contributed by atoms with Gasteiger partial charge in [-0.15, -0.1) is 0 Å². The molecule has 1 aliphatic heterocycles. The number of rotatable bonds is 5. The first-order valence-corrected chi connectivity index (χ1v) is 12.2. The number of nitrogens with zero attached hydrogens (tertiary/aromatic N) is 2. The summed E-state index contributed by atoms with van der Waals surface area (Å²) in [7, 11) is -3.74. The fourth-order valence-electron chi connectivity index (χ4n) is 4.41. The number of halogens is 1. The van der Waals surface area contributed by atoms with Crippen LogP contribution in [0.25, 0.3) is 11.1 Å². The van der Waals surface area contributed by atoms with Gasteiger partial charge >= 0.3 is 5.76 Å². The van der Waals surface area contributed by atoms with Gasteiger partial charge in [-0.1, -0.05) is 13.8 Å². The average Bonchev–Trinajstić information content (AvgIpc) is 3.03. The van der Waals surface area contributed by atoms with E-state index in [4.69, 9.17) is 4.42 Å². The first kappa shape index (κ1) is 23.2. The Bertz CT molecular complexity index is 1370. The SMILES string of the molecule is Cc1cc(F)ccc1NC(=O)Cn1c(=O)oc2cc(S(=O)(=O)N3C[C@@H](C)C[C@H](C)C3)ccc21. The van der Waals surface area contributed by atoms with Gasteiger partial charge in [0.2, 0.25) is 15.9 Å². The Morgan fingerprint density at radius 1 is 1.15 bits per heavy atom. The van der Waals surface area contributed by atoms with E-state index in [1.165, 1.54) is 40.7 Å². The number of benzene rings is 2. The number of sulfonamides is 1. The number of carbonyl (C=O) groups is 1. The Morgan fingerprint density at radius 3 is 2.52 bits per heavy atom. The van der Waals surface area contributed by atoms with Gasteiger partial charge in [0.15, 0.2) is 5.58 Å². The summed E-state index contributed by atoms with van der Waals surface area (Å²) in [5, 5.41) is 2.64. The minimum Gasteiger partial charge on any atom is -0.408 e. The molecule has 1 aliphatic rings. The molecule has 0 spiro atoms. The van der Waals surface area contributed by atoms with E-state index in [1.807, 2.05) is 13.8 Å². The molecule has 1 fully saturated rings. The zero-order valence-corrected chi connectivity index (χ0v) is 19.5. The maximum absolute atomic E-state index is 13.3. The minimum absolute atomic E-state index is 0.0450. The van der Waals surface area contributed by atoms with Crippen LogP contribution in [0.4, 0.5) is 10.1 Å². The molecule has 1 N–H and O–H groups in total. The standard InChI is InChI=1S/C23H26FN3O5S/c1-14-8-15(2)12-26(11-14)33(30,31)18-5-7-20-21(10-18)32-23(29)27(20)13-22(28)25-19-6-4-17(24)9-16(19)3/h4-7,9-10,14-15H,8,11-13H2,1-3H3,(H,25,28)/t14-,15-/m0/s1. The summed E-state index contributed by atoms with van der Waals surface area (Å²) < 4.78 is 47.4. The molecule has 1 amide bonds. The minimum atomic E-state index is -3.74. The highest BCUT2D eigenvalue weighted by Gasteiger charge is 2.32. The van der Waals surface area contributed by atoms with Gasteiger partial charge in [-0.05, 0) is 61.1 Å². The number of anilines is 1. The van der Waals surface area contributed by atoms with Crippen molar-refractivity contribution in [1.29, 1.82) is 0 Å². The van der Waals surface area contributed by atoms with Crippen molar-refractivity contribution in [3.63, 3.8) is 0 Å². The van der Waals surface area contributed by atoms with E-state index < -0.39 is 27.5 Å². The largest absolute Gasteiger partial charge is 0.420 e. The van der Waals surface area contributed by atoms with Gasteiger partial charge in [-0.2, -0.15) is 4.31 Å². The Balaban J connectivity index is 1.59. The summed E-state index contributed by atoms with van der Waals surface area (Å²) >= 11 is 0. The number of fused-ring (bicyclic) bond motifs is 1. The predicted molar refractivity (Wildman–Crippen MR) is 122 cm³/mol. The number of hydrogen-bond acceptors (Lipinski definition) is 5.